The van der Waals surface area contributed by atoms with E-state index in [1.165, 1.54) is 38.5 Å². The number of ether oxygens (including phenoxy) is 4. The number of benzene rings is 4. The highest BCUT2D eigenvalue weighted by atomic mass is 35.5. The average molecular weight is 651 g/mol. The van der Waals surface area contributed by atoms with Crippen molar-refractivity contribution in [3.05, 3.63) is 94.5 Å². The van der Waals surface area contributed by atoms with Crippen molar-refractivity contribution in [2.75, 3.05) is 27.4 Å². The minimum absolute atomic E-state index is 0.0157. The first-order valence-electron chi connectivity index (χ1n) is 12.3. The Morgan fingerprint density at radius 3 is 1.31 bits per heavy atom. The lowest BCUT2D eigenvalue weighted by Crippen LogP contribution is -2.19. The molecule has 218 valence electrons. The fourth-order valence-electron chi connectivity index (χ4n) is 3.86. The van der Waals surface area contributed by atoms with Gasteiger partial charge in [-0.15, -0.1) is 0 Å². The van der Waals surface area contributed by atoms with Crippen LogP contribution in [0.15, 0.2) is 72.8 Å². The number of hydrogen-bond donors (Lipinski definition) is 0. The molecule has 0 N–H and O–H groups in total. The second-order valence-corrected chi connectivity index (χ2v) is 12.1. The van der Waals surface area contributed by atoms with E-state index in [4.69, 9.17) is 42.1 Å². The zero-order valence-electron chi connectivity index (χ0n) is 22.3. The van der Waals surface area contributed by atoms with Crippen molar-refractivity contribution in [2.24, 2.45) is 0 Å². The standard InChI is InChI=1S/C30H24Cl2F2O6P2/c1-37-25(35)15-39-29-21(31)11-13-23(41-19-7-3-17(33)4-8-19)27(29)28-24(42-20-9-5-18(34)6-10-20)14-12-22(32)30(28)40-16-26(36)38-2/h3-14,41-42H,15-16H2,1-2H3. The second-order valence-electron chi connectivity index (χ2n) is 8.59. The summed E-state index contributed by atoms with van der Waals surface area (Å²) < 4.78 is 48.8. The highest BCUT2D eigenvalue weighted by Gasteiger charge is 2.26. The van der Waals surface area contributed by atoms with Crippen LogP contribution in [-0.4, -0.2) is 39.4 Å². The van der Waals surface area contributed by atoms with E-state index in [1.54, 1.807) is 48.5 Å². The molecule has 0 aromatic heterocycles. The number of methoxy groups -OCH3 is 2. The van der Waals surface area contributed by atoms with Gasteiger partial charge in [-0.2, -0.15) is 0 Å². The normalized spacial score (nSPS) is 11.3. The molecule has 42 heavy (non-hydrogen) atoms. The molecule has 0 saturated heterocycles. The zero-order chi connectivity index (χ0) is 30.2. The second kappa shape index (κ2) is 14.8. The van der Waals surface area contributed by atoms with Gasteiger partial charge < -0.3 is 18.9 Å². The van der Waals surface area contributed by atoms with Crippen LogP contribution in [0.4, 0.5) is 8.78 Å². The Hall–Kier alpha value is -3.28. The lowest BCUT2D eigenvalue weighted by molar-refractivity contribution is -0.143. The van der Waals surface area contributed by atoms with E-state index in [0.717, 1.165) is 10.6 Å². The molecule has 12 heteroatoms. The van der Waals surface area contributed by atoms with Gasteiger partial charge in [0.1, 0.15) is 23.1 Å². The van der Waals surface area contributed by atoms with Crippen LogP contribution in [0.5, 0.6) is 11.5 Å². The maximum atomic E-state index is 13.7. The van der Waals surface area contributed by atoms with Crippen LogP contribution in [-0.2, 0) is 19.1 Å². The van der Waals surface area contributed by atoms with E-state index in [0.29, 0.717) is 21.7 Å². The van der Waals surface area contributed by atoms with E-state index >= 15 is 0 Å². The van der Waals surface area contributed by atoms with E-state index in [-0.39, 0.29) is 50.3 Å². The molecule has 6 nitrogen and oxygen atoms in total. The first-order chi connectivity index (χ1) is 20.2. The molecule has 0 radical (unpaired) electrons. The van der Waals surface area contributed by atoms with Crippen molar-refractivity contribution in [3.8, 4) is 22.6 Å². The molecule has 0 amide bonds. The maximum absolute atomic E-state index is 13.7. The summed E-state index contributed by atoms with van der Waals surface area (Å²) in [5.74, 6) is -1.71. The van der Waals surface area contributed by atoms with Crippen LogP contribution in [0.25, 0.3) is 11.1 Å². The van der Waals surface area contributed by atoms with Crippen LogP contribution in [0, 0.1) is 11.6 Å². The Labute approximate surface area is 254 Å². The molecule has 0 aliphatic heterocycles. The molecule has 4 rings (SSSR count). The van der Waals surface area contributed by atoms with Gasteiger partial charge in [-0.3, -0.25) is 0 Å². The highest BCUT2D eigenvalue weighted by molar-refractivity contribution is 7.56. The van der Waals surface area contributed by atoms with Crippen molar-refractivity contribution in [1.82, 2.24) is 0 Å². The third kappa shape index (κ3) is 7.96. The summed E-state index contributed by atoms with van der Waals surface area (Å²) in [6.07, 6.45) is 0. The fraction of sp³-hybridized carbons (Fsp3) is 0.133. The van der Waals surface area contributed by atoms with Crippen LogP contribution in [0.3, 0.4) is 0 Å². The summed E-state index contributed by atoms with van der Waals surface area (Å²) in [4.78, 5) is 24.1. The number of hydrogen-bond acceptors (Lipinski definition) is 6. The van der Waals surface area contributed by atoms with Crippen molar-refractivity contribution in [2.45, 2.75) is 0 Å². The summed E-state index contributed by atoms with van der Waals surface area (Å²) in [5, 5.41) is 3.41. The molecule has 2 unspecified atom stereocenters. The maximum Gasteiger partial charge on any atom is 0.343 e. The van der Waals surface area contributed by atoms with Gasteiger partial charge in [0.15, 0.2) is 13.2 Å². The quantitative estimate of drug-likeness (QED) is 0.162. The molecule has 4 aromatic rings. The van der Waals surface area contributed by atoms with Crippen LogP contribution in [0.1, 0.15) is 0 Å². The monoisotopic (exact) mass is 650 g/mol. The lowest BCUT2D eigenvalue weighted by Gasteiger charge is -2.23. The Morgan fingerprint density at radius 1 is 0.619 bits per heavy atom. The number of carbonyl (C=O) groups excluding carboxylic acids is 2. The van der Waals surface area contributed by atoms with Gasteiger partial charge in [0.2, 0.25) is 0 Å². The predicted molar refractivity (Wildman–Crippen MR) is 165 cm³/mol. The van der Waals surface area contributed by atoms with Gasteiger partial charge in [0.25, 0.3) is 0 Å². The Balaban J connectivity index is 1.98. The summed E-state index contributed by atoms with van der Waals surface area (Å²) in [6, 6.07) is 18.9. The SMILES string of the molecule is COC(=O)COc1c(Cl)ccc(Pc2ccc(F)cc2)c1-c1c(Pc2ccc(F)cc2)ccc(Cl)c1OCC(=O)OC. The molecular formula is C30H24Cl2F2O6P2. The van der Waals surface area contributed by atoms with Gasteiger partial charge in [0, 0.05) is 11.1 Å². The van der Waals surface area contributed by atoms with Gasteiger partial charge in [0.05, 0.1) is 24.3 Å². The molecule has 0 bridgehead atoms. The Bertz CT molecular complexity index is 1470. The van der Waals surface area contributed by atoms with E-state index in [1.807, 2.05) is 0 Å². The largest absolute Gasteiger partial charge is 0.480 e. The van der Waals surface area contributed by atoms with Crippen LogP contribution < -0.4 is 30.7 Å². The van der Waals surface area contributed by atoms with Crippen LogP contribution in [0.2, 0.25) is 10.0 Å². The van der Waals surface area contributed by atoms with Crippen molar-refractivity contribution in [3.63, 3.8) is 0 Å². The molecule has 0 aliphatic carbocycles. The molecule has 0 aliphatic rings. The molecule has 4 aromatic carbocycles. The van der Waals surface area contributed by atoms with Crippen LogP contribution >= 0.6 is 40.4 Å². The van der Waals surface area contributed by atoms with Crippen molar-refractivity contribution < 1.29 is 37.3 Å². The first kappa shape index (κ1) is 31.7. The number of carbonyl (C=O) groups is 2. The first-order valence-corrected chi connectivity index (χ1v) is 15.1. The smallest absolute Gasteiger partial charge is 0.343 e. The average Bonchev–Trinajstić information content (AvgIpc) is 2.99. The summed E-state index contributed by atoms with van der Waals surface area (Å²) >= 11 is 13.3. The molecule has 2 atom stereocenters. The number of rotatable bonds is 11. The summed E-state index contributed by atoms with van der Waals surface area (Å²) in [7, 11) is 2.44. The zero-order valence-corrected chi connectivity index (χ0v) is 25.8. The Morgan fingerprint density at radius 2 is 0.976 bits per heavy atom. The van der Waals surface area contributed by atoms with E-state index in [9.17, 15) is 18.4 Å². The molecule has 0 fully saturated rings. The number of halogens is 4. The van der Waals surface area contributed by atoms with Gasteiger partial charge in [-0.1, -0.05) is 76.8 Å². The third-order valence-electron chi connectivity index (χ3n) is 5.84. The minimum Gasteiger partial charge on any atom is -0.480 e. The van der Waals surface area contributed by atoms with Crippen molar-refractivity contribution >= 4 is 73.5 Å². The van der Waals surface area contributed by atoms with Gasteiger partial charge in [-0.05, 0) is 57.6 Å². The minimum atomic E-state index is -0.634. The van der Waals surface area contributed by atoms with Gasteiger partial charge >= 0.3 is 11.9 Å². The van der Waals surface area contributed by atoms with E-state index in [2.05, 4.69) is 0 Å². The third-order valence-corrected chi connectivity index (χ3v) is 9.05. The summed E-state index contributed by atoms with van der Waals surface area (Å²) in [5.41, 5.74) is 0.919. The highest BCUT2D eigenvalue weighted by Crippen LogP contribution is 2.45. The topological polar surface area (TPSA) is 71.1 Å². The molecule has 0 saturated carbocycles. The molecule has 0 heterocycles. The Kier molecular flexibility index (Phi) is 11.1. The van der Waals surface area contributed by atoms with Gasteiger partial charge in [-0.25, -0.2) is 18.4 Å². The van der Waals surface area contributed by atoms with Crippen molar-refractivity contribution in [1.29, 1.82) is 0 Å². The number of esters is 2. The summed E-state index contributed by atoms with van der Waals surface area (Å²) in [6.45, 7) is -0.887. The lowest BCUT2D eigenvalue weighted by atomic mass is 10.0. The fourth-order valence-corrected chi connectivity index (χ4v) is 6.63. The van der Waals surface area contributed by atoms with E-state index < -0.39 is 25.2 Å². The molecular weight excluding hydrogens is 627 g/mol. The molecule has 0 spiro atoms. The predicted octanol–water partition coefficient (Wildman–Crippen LogP) is 5.30.